The molecule has 3 aromatic rings. The summed E-state index contributed by atoms with van der Waals surface area (Å²) in [6.45, 7) is 4.08. The van der Waals surface area contributed by atoms with E-state index in [4.69, 9.17) is 10.5 Å². The number of nitrogens with one attached hydrogen (secondary N) is 1. The van der Waals surface area contributed by atoms with Gasteiger partial charge in [0.15, 0.2) is 0 Å². The maximum Gasteiger partial charge on any atom is 0.272 e. The van der Waals surface area contributed by atoms with Crippen molar-refractivity contribution in [3.63, 3.8) is 0 Å². The molecule has 0 unspecified atom stereocenters. The SMILES string of the molecule is N[C@@H](C(=O)N1CC[C@@H](OC2CCN(CC(=O)N3CCN(C(=O)c4cc(Cc5n[nH]c(=O)c6ccccc56)ccc4F)CC3)CC2)CC12CC2)C1CCCCC1. The summed E-state index contributed by atoms with van der Waals surface area (Å²) in [6, 6.07) is 11.3. The van der Waals surface area contributed by atoms with Gasteiger partial charge in [0.1, 0.15) is 5.82 Å². The summed E-state index contributed by atoms with van der Waals surface area (Å²) in [5.41, 5.74) is 7.53. The van der Waals surface area contributed by atoms with E-state index in [9.17, 15) is 19.2 Å². The quantitative estimate of drug-likeness (QED) is 0.335. The van der Waals surface area contributed by atoms with Crippen LogP contribution in [0.5, 0.6) is 0 Å². The molecule has 8 rings (SSSR count). The summed E-state index contributed by atoms with van der Waals surface area (Å²) in [5.74, 6) is -0.486. The average Bonchev–Trinajstić information content (AvgIpc) is 3.98. The number of hydrogen-bond donors (Lipinski definition) is 2. The Morgan fingerprint density at radius 1 is 0.873 bits per heavy atom. The summed E-state index contributed by atoms with van der Waals surface area (Å²) in [6.07, 6.45) is 11.9. The Balaban J connectivity index is 0.775. The van der Waals surface area contributed by atoms with Crippen molar-refractivity contribution in [1.82, 2.24) is 29.8 Å². The van der Waals surface area contributed by atoms with Gasteiger partial charge >= 0.3 is 0 Å². The van der Waals surface area contributed by atoms with Crippen LogP contribution in [0.1, 0.15) is 92.2 Å². The van der Waals surface area contributed by atoms with Crippen LogP contribution >= 0.6 is 0 Å². The standard InChI is InChI=1S/C42H54FN7O5/c43-35-11-10-28(25-36-32-8-4-5-9-33(32)39(52)46-45-36)24-34(35)40(53)49-22-20-48(21-23-49)37(51)27-47-17-12-30(13-18-47)55-31-14-19-50(42(26-31)15-16-42)41(54)38(44)29-6-2-1-3-7-29/h4-5,8-11,24,29-31,38H,1-3,6-7,12-23,25-27,44H2,(H,46,52)/t31-,38-/m1/s1. The van der Waals surface area contributed by atoms with Crippen molar-refractivity contribution in [3.8, 4) is 0 Å². The molecule has 0 radical (unpaired) electrons. The predicted octanol–water partition coefficient (Wildman–Crippen LogP) is 3.85. The number of rotatable bonds is 9. The van der Waals surface area contributed by atoms with E-state index in [0.29, 0.717) is 67.1 Å². The molecule has 5 fully saturated rings. The Bertz CT molecular complexity index is 1950. The third-order valence-electron chi connectivity index (χ3n) is 13.0. The molecule has 3 saturated heterocycles. The molecule has 4 heterocycles. The second-order valence-electron chi connectivity index (χ2n) is 16.6. The third kappa shape index (κ3) is 8.20. The fraction of sp³-hybridized carbons (Fsp3) is 0.595. The van der Waals surface area contributed by atoms with Gasteiger partial charge < -0.3 is 25.2 Å². The summed E-state index contributed by atoms with van der Waals surface area (Å²) < 4.78 is 21.7. The van der Waals surface area contributed by atoms with E-state index in [0.717, 1.165) is 71.0 Å². The van der Waals surface area contributed by atoms with Gasteiger partial charge in [0.05, 0.1) is 41.4 Å². The zero-order chi connectivity index (χ0) is 38.1. The molecule has 3 amide bonds. The Labute approximate surface area is 321 Å². The van der Waals surface area contributed by atoms with Gasteiger partial charge in [-0.05, 0) is 81.0 Å². The van der Waals surface area contributed by atoms with Crippen LogP contribution in [0.2, 0.25) is 0 Å². The average molecular weight is 756 g/mol. The number of benzene rings is 2. The number of fused-ring (bicyclic) bond motifs is 1. The first kappa shape index (κ1) is 37.7. The number of nitrogens with zero attached hydrogens (tertiary/aromatic N) is 5. The van der Waals surface area contributed by atoms with Crippen molar-refractivity contribution in [3.05, 3.63) is 75.5 Å². The fourth-order valence-corrected chi connectivity index (χ4v) is 9.54. The van der Waals surface area contributed by atoms with Gasteiger partial charge in [0.25, 0.3) is 11.5 Å². The second-order valence-corrected chi connectivity index (χ2v) is 16.6. The number of carbonyl (C=O) groups excluding carboxylic acids is 3. The van der Waals surface area contributed by atoms with Crippen molar-refractivity contribution in [2.45, 2.75) is 101 Å². The van der Waals surface area contributed by atoms with E-state index < -0.39 is 11.7 Å². The summed E-state index contributed by atoms with van der Waals surface area (Å²) in [7, 11) is 0. The van der Waals surface area contributed by atoms with Crippen LogP contribution in [-0.4, -0.2) is 124 Å². The zero-order valence-corrected chi connectivity index (χ0v) is 31.7. The number of likely N-dealkylation sites (tertiary alicyclic amines) is 2. The fourth-order valence-electron chi connectivity index (χ4n) is 9.54. The van der Waals surface area contributed by atoms with E-state index in [-0.39, 0.29) is 46.7 Å². The smallest absolute Gasteiger partial charge is 0.272 e. The number of aromatic amines is 1. The normalized spacial score (nSPS) is 22.9. The second kappa shape index (κ2) is 16.1. The van der Waals surface area contributed by atoms with Crippen LogP contribution in [0, 0.1) is 11.7 Å². The third-order valence-corrected chi connectivity index (χ3v) is 13.0. The van der Waals surface area contributed by atoms with Crippen LogP contribution in [0.15, 0.2) is 47.3 Å². The van der Waals surface area contributed by atoms with Crippen molar-refractivity contribution < 1.29 is 23.5 Å². The Hall–Kier alpha value is -4.20. The number of H-pyrrole nitrogens is 1. The molecule has 2 atom stereocenters. The number of nitrogens with two attached hydrogens (primary N) is 1. The first-order valence-electron chi connectivity index (χ1n) is 20.4. The van der Waals surface area contributed by atoms with Gasteiger partial charge in [0, 0.05) is 63.2 Å². The van der Waals surface area contributed by atoms with Crippen molar-refractivity contribution in [1.29, 1.82) is 0 Å². The molecule has 13 heteroatoms. The molecular formula is C42H54FN7O5. The lowest BCUT2D eigenvalue weighted by Crippen LogP contribution is -2.57. The van der Waals surface area contributed by atoms with Gasteiger partial charge in [-0.3, -0.25) is 24.1 Å². The van der Waals surface area contributed by atoms with Crippen LogP contribution < -0.4 is 11.3 Å². The minimum absolute atomic E-state index is 0.0127. The molecule has 2 saturated carbocycles. The summed E-state index contributed by atoms with van der Waals surface area (Å²) in [5, 5.41) is 7.99. The van der Waals surface area contributed by atoms with Crippen LogP contribution in [0.25, 0.3) is 10.8 Å². The van der Waals surface area contributed by atoms with Crippen LogP contribution in [0.3, 0.4) is 0 Å². The molecule has 55 heavy (non-hydrogen) atoms. The van der Waals surface area contributed by atoms with Crippen molar-refractivity contribution in [2.75, 3.05) is 52.4 Å². The van der Waals surface area contributed by atoms with Crippen LogP contribution in [-0.2, 0) is 20.7 Å². The Morgan fingerprint density at radius 2 is 1.56 bits per heavy atom. The van der Waals surface area contributed by atoms with Gasteiger partial charge in [0.2, 0.25) is 11.8 Å². The van der Waals surface area contributed by atoms with E-state index in [1.807, 2.05) is 12.1 Å². The lowest BCUT2D eigenvalue weighted by atomic mass is 9.83. The largest absolute Gasteiger partial charge is 0.375 e. The maximum atomic E-state index is 15.0. The monoisotopic (exact) mass is 755 g/mol. The van der Waals surface area contributed by atoms with Crippen molar-refractivity contribution in [2.24, 2.45) is 11.7 Å². The summed E-state index contributed by atoms with van der Waals surface area (Å²) in [4.78, 5) is 60.2. The number of halogens is 1. The van der Waals surface area contributed by atoms with Gasteiger partial charge in [-0.25, -0.2) is 9.49 Å². The molecule has 3 aliphatic heterocycles. The number of aromatic nitrogens is 2. The highest BCUT2D eigenvalue weighted by Gasteiger charge is 2.54. The highest BCUT2D eigenvalue weighted by molar-refractivity contribution is 5.95. The molecule has 3 N–H and O–H groups in total. The highest BCUT2D eigenvalue weighted by Crippen LogP contribution is 2.50. The molecule has 0 bridgehead atoms. The lowest BCUT2D eigenvalue weighted by Gasteiger charge is -2.44. The topological polar surface area (TPSA) is 145 Å². The van der Waals surface area contributed by atoms with E-state index in [2.05, 4.69) is 20.0 Å². The minimum Gasteiger partial charge on any atom is -0.375 e. The van der Waals surface area contributed by atoms with E-state index >= 15 is 4.39 Å². The number of carbonyl (C=O) groups is 3. The van der Waals surface area contributed by atoms with Gasteiger partial charge in [-0.2, -0.15) is 5.10 Å². The number of ether oxygens (including phenoxy) is 1. The molecule has 2 aromatic carbocycles. The first-order chi connectivity index (χ1) is 26.7. The number of piperazine rings is 1. The molecule has 294 valence electrons. The number of piperidine rings is 2. The van der Waals surface area contributed by atoms with Gasteiger partial charge in [-0.15, -0.1) is 0 Å². The maximum absolute atomic E-state index is 15.0. The molecular weight excluding hydrogens is 702 g/mol. The zero-order valence-electron chi connectivity index (χ0n) is 31.7. The molecule has 12 nitrogen and oxygen atoms in total. The highest BCUT2D eigenvalue weighted by atomic mass is 19.1. The Kier molecular flexibility index (Phi) is 11.0. The molecule has 2 aliphatic carbocycles. The van der Waals surface area contributed by atoms with E-state index in [1.165, 1.54) is 25.3 Å². The Morgan fingerprint density at radius 3 is 2.29 bits per heavy atom. The predicted molar refractivity (Wildman–Crippen MR) is 206 cm³/mol. The van der Waals surface area contributed by atoms with E-state index in [1.54, 1.807) is 34.1 Å². The van der Waals surface area contributed by atoms with Crippen LogP contribution in [0.4, 0.5) is 4.39 Å². The molecule has 1 spiro atoms. The minimum atomic E-state index is -0.596. The first-order valence-corrected chi connectivity index (χ1v) is 20.4. The number of hydrogen-bond acceptors (Lipinski definition) is 8. The van der Waals surface area contributed by atoms with Crippen molar-refractivity contribution >= 4 is 28.5 Å². The number of amides is 3. The summed E-state index contributed by atoms with van der Waals surface area (Å²) >= 11 is 0. The lowest BCUT2D eigenvalue weighted by molar-refractivity contribution is -0.145. The molecule has 5 aliphatic rings. The molecule has 1 aromatic heterocycles. The van der Waals surface area contributed by atoms with Gasteiger partial charge in [-0.1, -0.05) is 43.5 Å².